The molecule has 0 aliphatic rings. The number of halogens is 2. The smallest absolute Gasteiger partial charge is 0.211 e. The number of methoxy groups -OCH3 is 1. The number of nitrogens with zero attached hydrogens (tertiary/aromatic N) is 2. The Morgan fingerprint density at radius 3 is 2.62 bits per heavy atom. The first-order valence-corrected chi connectivity index (χ1v) is 8.03. The van der Waals surface area contributed by atoms with E-state index in [-0.39, 0.29) is 12.6 Å². The van der Waals surface area contributed by atoms with Gasteiger partial charge in [-0.15, -0.1) is 5.10 Å². The second kappa shape index (κ2) is 8.56. The SMILES string of the molecule is COc1ccc(C=NN=C(N)N)cc1COc1ccc(Br)cc1Cl. The monoisotopic (exact) mass is 410 g/mol. The molecule has 2 aromatic carbocycles. The van der Waals surface area contributed by atoms with Gasteiger partial charge in [0.05, 0.1) is 18.3 Å². The summed E-state index contributed by atoms with van der Waals surface area (Å²) < 4.78 is 12.0. The molecule has 0 aliphatic carbocycles. The average Bonchev–Trinajstić information content (AvgIpc) is 2.54. The first kappa shape index (κ1) is 18.1. The maximum atomic E-state index is 6.15. The highest BCUT2D eigenvalue weighted by molar-refractivity contribution is 9.10. The molecule has 4 N–H and O–H groups in total. The maximum Gasteiger partial charge on any atom is 0.211 e. The van der Waals surface area contributed by atoms with Crippen LogP contribution in [0, 0.1) is 0 Å². The van der Waals surface area contributed by atoms with E-state index in [1.165, 1.54) is 6.21 Å². The summed E-state index contributed by atoms with van der Waals surface area (Å²) in [5.41, 5.74) is 12.1. The minimum absolute atomic E-state index is 0.104. The van der Waals surface area contributed by atoms with Crippen LogP contribution >= 0.6 is 27.5 Å². The highest BCUT2D eigenvalue weighted by Gasteiger charge is 2.07. The van der Waals surface area contributed by atoms with Crippen LogP contribution in [-0.2, 0) is 6.61 Å². The molecule has 0 saturated heterocycles. The number of rotatable bonds is 6. The topological polar surface area (TPSA) is 95.2 Å². The number of ether oxygens (including phenoxy) is 2. The van der Waals surface area contributed by atoms with Gasteiger partial charge < -0.3 is 20.9 Å². The van der Waals surface area contributed by atoms with Crippen LogP contribution in [-0.4, -0.2) is 19.3 Å². The third-order valence-corrected chi connectivity index (χ3v) is 3.75. The number of hydrogen-bond acceptors (Lipinski definition) is 4. The average molecular weight is 412 g/mol. The van der Waals surface area contributed by atoms with Gasteiger partial charge in [-0.05, 0) is 42.0 Å². The summed E-state index contributed by atoms with van der Waals surface area (Å²) in [6.07, 6.45) is 1.54. The van der Waals surface area contributed by atoms with Crippen molar-refractivity contribution in [2.75, 3.05) is 7.11 Å². The second-order valence-electron chi connectivity index (χ2n) is 4.70. The lowest BCUT2D eigenvalue weighted by atomic mass is 10.1. The predicted octanol–water partition coefficient (Wildman–Crippen LogP) is 3.30. The zero-order chi connectivity index (χ0) is 17.5. The second-order valence-corrected chi connectivity index (χ2v) is 6.03. The molecule has 6 nitrogen and oxygen atoms in total. The fourth-order valence-electron chi connectivity index (χ4n) is 1.90. The number of guanidine groups is 1. The van der Waals surface area contributed by atoms with Gasteiger partial charge in [0.15, 0.2) is 0 Å². The first-order valence-electron chi connectivity index (χ1n) is 6.86. The van der Waals surface area contributed by atoms with Gasteiger partial charge in [-0.2, -0.15) is 5.10 Å². The largest absolute Gasteiger partial charge is 0.496 e. The van der Waals surface area contributed by atoms with Crippen molar-refractivity contribution in [3.8, 4) is 11.5 Å². The van der Waals surface area contributed by atoms with Gasteiger partial charge in [0.25, 0.3) is 0 Å². The highest BCUT2D eigenvalue weighted by Crippen LogP contribution is 2.29. The van der Waals surface area contributed by atoms with Crippen LogP contribution in [0.4, 0.5) is 0 Å². The van der Waals surface area contributed by atoms with Crippen molar-refractivity contribution in [3.63, 3.8) is 0 Å². The number of hydrogen-bond donors (Lipinski definition) is 2. The van der Waals surface area contributed by atoms with E-state index in [0.717, 1.165) is 15.6 Å². The summed E-state index contributed by atoms with van der Waals surface area (Å²) in [6.45, 7) is 0.286. The summed E-state index contributed by atoms with van der Waals surface area (Å²) in [6, 6.07) is 10.9. The van der Waals surface area contributed by atoms with Crippen molar-refractivity contribution in [1.82, 2.24) is 0 Å². The van der Waals surface area contributed by atoms with E-state index in [9.17, 15) is 0 Å². The van der Waals surface area contributed by atoms with Gasteiger partial charge in [-0.25, -0.2) is 0 Å². The molecule has 0 saturated carbocycles. The molecule has 0 atom stereocenters. The van der Waals surface area contributed by atoms with Crippen molar-refractivity contribution in [2.45, 2.75) is 6.61 Å². The van der Waals surface area contributed by atoms with Gasteiger partial charge in [0.1, 0.15) is 18.1 Å². The summed E-state index contributed by atoms with van der Waals surface area (Å²) >= 11 is 9.51. The van der Waals surface area contributed by atoms with Gasteiger partial charge >= 0.3 is 0 Å². The zero-order valence-electron chi connectivity index (χ0n) is 12.9. The van der Waals surface area contributed by atoms with Crippen LogP contribution in [0.15, 0.2) is 51.1 Å². The van der Waals surface area contributed by atoms with Gasteiger partial charge in [-0.1, -0.05) is 27.5 Å². The molecule has 2 rings (SSSR count). The molecule has 0 radical (unpaired) electrons. The lowest BCUT2D eigenvalue weighted by molar-refractivity contribution is 0.297. The molecule has 0 fully saturated rings. The summed E-state index contributed by atoms with van der Waals surface area (Å²) in [7, 11) is 1.60. The third-order valence-electron chi connectivity index (χ3n) is 2.96. The van der Waals surface area contributed by atoms with Crippen LogP contribution < -0.4 is 20.9 Å². The molecular weight excluding hydrogens is 396 g/mol. The van der Waals surface area contributed by atoms with Crippen LogP contribution in [0.5, 0.6) is 11.5 Å². The molecule has 0 spiro atoms. The van der Waals surface area contributed by atoms with Crippen LogP contribution in [0.25, 0.3) is 0 Å². The Balaban J connectivity index is 2.18. The Hall–Kier alpha value is -2.25. The Morgan fingerprint density at radius 2 is 1.96 bits per heavy atom. The molecule has 0 unspecified atom stereocenters. The predicted molar refractivity (Wildman–Crippen MR) is 99.9 cm³/mol. The summed E-state index contributed by atoms with van der Waals surface area (Å²) in [4.78, 5) is 0. The number of benzene rings is 2. The van der Waals surface area contributed by atoms with Crippen molar-refractivity contribution < 1.29 is 9.47 Å². The van der Waals surface area contributed by atoms with E-state index in [4.69, 9.17) is 32.5 Å². The molecule has 0 amide bonds. The van der Waals surface area contributed by atoms with E-state index < -0.39 is 0 Å². The molecule has 0 aromatic heterocycles. The molecule has 126 valence electrons. The first-order chi connectivity index (χ1) is 11.5. The zero-order valence-corrected chi connectivity index (χ0v) is 15.2. The van der Waals surface area contributed by atoms with Gasteiger partial charge in [0.2, 0.25) is 5.96 Å². The Kier molecular flexibility index (Phi) is 6.45. The minimum Gasteiger partial charge on any atom is -0.496 e. The standard InChI is InChI=1S/C16H16BrClN4O2/c1-23-14-4-2-10(8-21-22-16(19)20)6-11(14)9-24-15-5-3-12(17)7-13(15)18/h2-8H,9H2,1H3,(H4,19,20,22). The van der Waals surface area contributed by atoms with Crippen molar-refractivity contribution in [3.05, 3.63) is 57.0 Å². The van der Waals surface area contributed by atoms with Crippen LogP contribution in [0.3, 0.4) is 0 Å². The lowest BCUT2D eigenvalue weighted by Gasteiger charge is -2.12. The van der Waals surface area contributed by atoms with Gasteiger partial charge in [-0.3, -0.25) is 0 Å². The fraction of sp³-hybridized carbons (Fsp3) is 0.125. The quantitative estimate of drug-likeness (QED) is 0.433. The summed E-state index contributed by atoms with van der Waals surface area (Å²) in [5, 5.41) is 7.87. The molecule has 2 aromatic rings. The minimum atomic E-state index is -0.104. The maximum absolute atomic E-state index is 6.15. The van der Waals surface area contributed by atoms with E-state index in [1.54, 1.807) is 19.2 Å². The highest BCUT2D eigenvalue weighted by atomic mass is 79.9. The van der Waals surface area contributed by atoms with Crippen molar-refractivity contribution in [1.29, 1.82) is 0 Å². The summed E-state index contributed by atoms with van der Waals surface area (Å²) in [5.74, 6) is 1.18. The van der Waals surface area contributed by atoms with E-state index in [2.05, 4.69) is 26.1 Å². The van der Waals surface area contributed by atoms with Crippen LogP contribution in [0.1, 0.15) is 11.1 Å². The molecule has 0 aliphatic heterocycles. The molecule has 24 heavy (non-hydrogen) atoms. The third kappa shape index (κ3) is 5.14. The van der Waals surface area contributed by atoms with Crippen molar-refractivity contribution in [2.24, 2.45) is 21.7 Å². The molecule has 0 bridgehead atoms. The Labute approximate surface area is 153 Å². The normalized spacial score (nSPS) is 10.6. The Bertz CT molecular complexity index is 777. The number of nitrogens with two attached hydrogens (primary N) is 2. The van der Waals surface area contributed by atoms with E-state index >= 15 is 0 Å². The molecule has 0 heterocycles. The van der Waals surface area contributed by atoms with Crippen molar-refractivity contribution >= 4 is 39.7 Å². The van der Waals surface area contributed by atoms with Crippen LogP contribution in [0.2, 0.25) is 5.02 Å². The lowest BCUT2D eigenvalue weighted by Crippen LogP contribution is -2.21. The van der Waals surface area contributed by atoms with E-state index in [0.29, 0.717) is 16.5 Å². The molecule has 8 heteroatoms. The van der Waals surface area contributed by atoms with Gasteiger partial charge in [0, 0.05) is 10.0 Å². The molecular formula is C16H16BrClN4O2. The van der Waals surface area contributed by atoms with E-state index in [1.807, 2.05) is 24.3 Å². The Morgan fingerprint density at radius 1 is 1.21 bits per heavy atom. The fourth-order valence-corrected chi connectivity index (χ4v) is 2.63.